The highest BCUT2D eigenvalue weighted by molar-refractivity contribution is 6.00. The van der Waals surface area contributed by atoms with E-state index >= 15 is 4.79 Å². The number of hydrogen-bond donors (Lipinski definition) is 1. The molecule has 60 heavy (non-hydrogen) atoms. The number of aromatic nitrogens is 1. The normalized spacial score (nSPS) is 38.9. The molecule has 0 unspecified atom stereocenters. The Balaban J connectivity index is 1.58. The van der Waals surface area contributed by atoms with Crippen molar-refractivity contribution in [2.24, 2.45) is 28.1 Å². The second-order valence-corrected chi connectivity index (χ2v) is 17.3. The fourth-order valence-electron chi connectivity index (χ4n) is 10.8. The highest BCUT2D eigenvalue weighted by Crippen LogP contribution is 2.77. The molecule has 0 amide bonds. The van der Waals surface area contributed by atoms with Crippen molar-refractivity contribution in [3.8, 4) is 0 Å². The third kappa shape index (κ3) is 5.62. The Kier molecular flexibility index (Phi) is 10.4. The Hall–Kier alpha value is -5.20. The Morgan fingerprint density at radius 1 is 1.00 bits per heavy atom. The van der Waals surface area contributed by atoms with Gasteiger partial charge in [-0.2, -0.15) is 0 Å². The molecule has 18 nitrogen and oxygen atoms in total. The summed E-state index contributed by atoms with van der Waals surface area (Å²) in [6, 6.07) is 4.40. The van der Waals surface area contributed by atoms with Crippen molar-refractivity contribution >= 4 is 41.6 Å². The SMILES string of the molecule is CC[C@@H](C)C(=O)O[C@H]1[C@@H](OC(=O)c2cccnc2)C(C)(C)[C@H](CC(=O)OC)[C@@]2(C)C(=O)[C@@]3(O)[C@H](OC(C)=O)[C@@]4(C)[C@H](c5ccoc5)OC(=O)[C@@H](OC(C)=O)[C@]4(O[C@@H]12)[C@]31CO1. The summed E-state index contributed by atoms with van der Waals surface area (Å²) in [5, 5.41) is 13.7. The van der Waals surface area contributed by atoms with Crippen molar-refractivity contribution in [1.29, 1.82) is 0 Å². The number of aliphatic hydroxyl groups is 1. The predicted molar refractivity (Wildman–Crippen MR) is 198 cm³/mol. The first-order chi connectivity index (χ1) is 28.1. The Morgan fingerprint density at radius 3 is 2.23 bits per heavy atom. The summed E-state index contributed by atoms with van der Waals surface area (Å²) in [6.07, 6.45) is -5.87. The zero-order valence-electron chi connectivity index (χ0n) is 34.7. The molecule has 2 aromatic rings. The third-order valence-electron chi connectivity index (χ3n) is 13.8. The molecular formula is C42H49NO17. The van der Waals surface area contributed by atoms with E-state index in [1.165, 1.54) is 57.0 Å². The fraction of sp³-hybridized carbons (Fsp3) is 0.619. The minimum Gasteiger partial charge on any atom is -0.472 e. The molecule has 0 radical (unpaired) electrons. The number of carbonyl (C=O) groups is 7. The summed E-state index contributed by atoms with van der Waals surface area (Å²) in [5.41, 5.74) is -13.5. The first-order valence-corrected chi connectivity index (χ1v) is 19.7. The van der Waals surface area contributed by atoms with Crippen LogP contribution < -0.4 is 0 Å². The number of hydrogen-bond acceptors (Lipinski definition) is 18. The number of furan rings is 1. The van der Waals surface area contributed by atoms with Crippen LogP contribution >= 0.6 is 0 Å². The molecule has 13 atom stereocenters. The van der Waals surface area contributed by atoms with Gasteiger partial charge in [-0.3, -0.25) is 29.0 Å². The lowest BCUT2D eigenvalue weighted by Crippen LogP contribution is -2.76. The van der Waals surface area contributed by atoms with Crippen LogP contribution in [-0.4, -0.2) is 113 Å². The van der Waals surface area contributed by atoms with Crippen LogP contribution in [0.3, 0.4) is 0 Å². The van der Waals surface area contributed by atoms with Gasteiger partial charge in [0, 0.05) is 37.2 Å². The average Bonchev–Trinajstić information content (AvgIpc) is 3.83. The molecule has 2 saturated carbocycles. The molecule has 7 rings (SSSR count). The van der Waals surface area contributed by atoms with Crippen LogP contribution in [-0.2, 0) is 66.7 Å². The van der Waals surface area contributed by atoms with E-state index in [0.29, 0.717) is 6.42 Å². The van der Waals surface area contributed by atoms with Crippen molar-refractivity contribution in [2.45, 2.75) is 122 Å². The van der Waals surface area contributed by atoms with E-state index in [-0.39, 0.29) is 11.1 Å². The molecule has 2 spiro atoms. The highest BCUT2D eigenvalue weighted by atomic mass is 16.7. The molecule has 5 aliphatic rings. The van der Waals surface area contributed by atoms with Crippen LogP contribution in [0, 0.1) is 28.1 Å². The van der Waals surface area contributed by atoms with E-state index in [1.807, 2.05) is 0 Å². The first-order valence-electron chi connectivity index (χ1n) is 19.7. The summed E-state index contributed by atoms with van der Waals surface area (Å²) >= 11 is 0. The summed E-state index contributed by atoms with van der Waals surface area (Å²) in [7, 11) is 1.14. The van der Waals surface area contributed by atoms with Crippen LogP contribution in [0.15, 0.2) is 47.5 Å². The average molecular weight is 840 g/mol. The van der Waals surface area contributed by atoms with Crippen molar-refractivity contribution in [1.82, 2.24) is 4.98 Å². The van der Waals surface area contributed by atoms with Gasteiger partial charge in [-0.1, -0.05) is 27.7 Å². The van der Waals surface area contributed by atoms with Gasteiger partial charge in [-0.05, 0) is 44.4 Å². The minimum atomic E-state index is -2.99. The molecule has 3 saturated heterocycles. The van der Waals surface area contributed by atoms with Gasteiger partial charge in [0.1, 0.15) is 18.3 Å². The van der Waals surface area contributed by atoms with E-state index in [4.69, 9.17) is 42.3 Å². The van der Waals surface area contributed by atoms with Gasteiger partial charge in [0.25, 0.3) is 0 Å². The second kappa shape index (κ2) is 14.5. The van der Waals surface area contributed by atoms with Crippen molar-refractivity contribution < 1.29 is 81.0 Å². The molecule has 5 fully saturated rings. The number of methoxy groups -OCH3 is 1. The summed E-state index contributed by atoms with van der Waals surface area (Å²) in [5.74, 6) is -8.84. The molecule has 18 heteroatoms. The topological polar surface area (TPSA) is 243 Å². The van der Waals surface area contributed by atoms with Gasteiger partial charge in [0.05, 0.1) is 55.0 Å². The zero-order chi connectivity index (χ0) is 44.0. The number of epoxide rings is 1. The van der Waals surface area contributed by atoms with Crippen LogP contribution in [0.2, 0.25) is 0 Å². The van der Waals surface area contributed by atoms with Crippen LogP contribution in [0.25, 0.3) is 0 Å². The standard InChI is InChI=1S/C42H49NO17/c1-10-20(2)32(47)57-27-29(59-33(48)23-12-11-14-43-17-23)37(5,6)25(16-26(46)52-9)38(7)30(27)60-42-31(55-21(3)44)34(49)58-28(24-13-15-53-18-24)39(42,8)36(56-22(4)45)41(51,35(38)50)40(42)19-54-40/h11-15,17-18,20,25,27-31,36,51H,10,16,19H2,1-9H3/t20-,25+,27+,28+,29-,30+,31-,36-,38-,39-,40+,41-,42-/m1/s1. The van der Waals surface area contributed by atoms with Crippen molar-refractivity contribution in [3.05, 3.63) is 54.2 Å². The first kappa shape index (κ1) is 42.9. The van der Waals surface area contributed by atoms with E-state index in [2.05, 4.69) is 4.98 Å². The van der Waals surface area contributed by atoms with Gasteiger partial charge in [0.15, 0.2) is 34.8 Å². The fourth-order valence-corrected chi connectivity index (χ4v) is 10.8. The van der Waals surface area contributed by atoms with E-state index in [0.717, 1.165) is 21.0 Å². The maximum atomic E-state index is 16.3. The van der Waals surface area contributed by atoms with Crippen molar-refractivity contribution in [3.63, 3.8) is 0 Å². The molecule has 2 bridgehead atoms. The number of ether oxygens (including phenoxy) is 8. The maximum Gasteiger partial charge on any atom is 0.351 e. The molecule has 1 N–H and O–H groups in total. The van der Waals surface area contributed by atoms with E-state index < -0.39 is 136 Å². The van der Waals surface area contributed by atoms with Crippen molar-refractivity contribution in [2.75, 3.05) is 13.7 Å². The van der Waals surface area contributed by atoms with Gasteiger partial charge in [0.2, 0.25) is 6.10 Å². The molecule has 5 heterocycles. The number of ketones is 1. The number of fused-ring (bicyclic) bond motifs is 1. The smallest absolute Gasteiger partial charge is 0.351 e. The number of pyridine rings is 1. The molecule has 2 aliphatic carbocycles. The number of Topliss-reactive ketones (excluding diaryl/α,β-unsaturated/α-hetero) is 1. The highest BCUT2D eigenvalue weighted by Gasteiger charge is 2.99. The lowest BCUT2D eigenvalue weighted by Gasteiger charge is -2.62. The molecule has 2 aromatic heterocycles. The van der Waals surface area contributed by atoms with Gasteiger partial charge >= 0.3 is 35.8 Å². The number of esters is 6. The second-order valence-electron chi connectivity index (χ2n) is 17.3. The quantitative estimate of drug-likeness (QED) is 0.205. The third-order valence-corrected chi connectivity index (χ3v) is 13.8. The van der Waals surface area contributed by atoms with E-state index in [9.17, 15) is 33.9 Å². The lowest BCUT2D eigenvalue weighted by atomic mass is 9.48. The lowest BCUT2D eigenvalue weighted by molar-refractivity contribution is -0.330. The molecule has 0 aromatic carbocycles. The van der Waals surface area contributed by atoms with Gasteiger partial charge in [-0.15, -0.1) is 0 Å². The van der Waals surface area contributed by atoms with E-state index in [1.54, 1.807) is 27.7 Å². The van der Waals surface area contributed by atoms with Gasteiger partial charge in [-0.25, -0.2) is 9.59 Å². The van der Waals surface area contributed by atoms with Crippen LogP contribution in [0.4, 0.5) is 0 Å². The summed E-state index contributed by atoms with van der Waals surface area (Å²) < 4.78 is 54.5. The van der Waals surface area contributed by atoms with Crippen LogP contribution in [0.5, 0.6) is 0 Å². The number of nitrogens with zero attached hydrogens (tertiary/aromatic N) is 1. The Labute approximate surface area is 344 Å². The largest absolute Gasteiger partial charge is 0.472 e. The predicted octanol–water partition coefficient (Wildman–Crippen LogP) is 2.77. The minimum absolute atomic E-state index is 0.0120. The Morgan fingerprint density at radius 2 is 1.68 bits per heavy atom. The van der Waals surface area contributed by atoms with Gasteiger partial charge < -0.3 is 47.4 Å². The summed E-state index contributed by atoms with van der Waals surface area (Å²) in [6.45, 7) is 10.9. The monoisotopic (exact) mass is 839 g/mol. The summed E-state index contributed by atoms with van der Waals surface area (Å²) in [4.78, 5) is 103. The zero-order valence-corrected chi connectivity index (χ0v) is 34.7. The Bertz CT molecular complexity index is 2100. The maximum absolute atomic E-state index is 16.3. The van der Waals surface area contributed by atoms with Crippen LogP contribution in [0.1, 0.15) is 90.3 Å². The number of rotatable bonds is 10. The molecule has 3 aliphatic heterocycles. The molecular weight excluding hydrogens is 790 g/mol. The number of cyclic esters (lactones) is 1. The number of carbonyl (C=O) groups excluding carboxylic acids is 7. The molecule has 324 valence electrons.